The third kappa shape index (κ3) is 3.05. The van der Waals surface area contributed by atoms with Crippen molar-refractivity contribution in [2.24, 2.45) is 11.1 Å². The summed E-state index contributed by atoms with van der Waals surface area (Å²) in [6.45, 7) is 8.21. The maximum absolute atomic E-state index is 5.95. The van der Waals surface area contributed by atoms with Crippen molar-refractivity contribution >= 4 is 0 Å². The highest BCUT2D eigenvalue weighted by molar-refractivity contribution is 5.36. The molecule has 2 heteroatoms. The quantitative estimate of drug-likeness (QED) is 0.833. The lowest BCUT2D eigenvalue weighted by Gasteiger charge is -2.17. The monoisotopic (exact) mass is 247 g/mol. The molecule has 2 N–H and O–H groups in total. The molecule has 0 heterocycles. The molecule has 1 aromatic rings. The number of benzene rings is 1. The van der Waals surface area contributed by atoms with Crippen molar-refractivity contribution in [3.8, 4) is 5.75 Å². The van der Waals surface area contributed by atoms with E-state index in [0.29, 0.717) is 11.3 Å². The Labute approximate surface area is 111 Å². The van der Waals surface area contributed by atoms with Crippen LogP contribution in [0.3, 0.4) is 0 Å². The lowest BCUT2D eigenvalue weighted by atomic mass is 9.98. The number of ether oxygens (including phenoxy) is 1. The largest absolute Gasteiger partial charge is 0.493 e. The molecule has 0 unspecified atom stereocenters. The van der Waals surface area contributed by atoms with Crippen LogP contribution >= 0.6 is 0 Å². The van der Waals surface area contributed by atoms with Crippen LogP contribution in [-0.2, 0) is 0 Å². The van der Waals surface area contributed by atoms with Gasteiger partial charge in [0.1, 0.15) is 5.75 Å². The van der Waals surface area contributed by atoms with Gasteiger partial charge in [0.2, 0.25) is 0 Å². The Hall–Kier alpha value is -1.02. The molecule has 0 atom stereocenters. The number of nitrogens with two attached hydrogens (primary N) is 1. The first-order valence-corrected chi connectivity index (χ1v) is 7.00. The maximum Gasteiger partial charge on any atom is 0.119 e. The van der Waals surface area contributed by atoms with Crippen molar-refractivity contribution in [2.45, 2.75) is 46.0 Å². The molecule has 2 rings (SSSR count). The molecule has 1 fully saturated rings. The number of hydrogen-bond donors (Lipinski definition) is 1. The molecule has 2 nitrogen and oxygen atoms in total. The number of aryl methyl sites for hydroxylation is 1. The van der Waals surface area contributed by atoms with E-state index in [1.54, 1.807) is 0 Å². The van der Waals surface area contributed by atoms with Crippen molar-refractivity contribution < 1.29 is 4.74 Å². The molecule has 0 bridgehead atoms. The lowest BCUT2D eigenvalue weighted by molar-refractivity contribution is 0.227. The first-order chi connectivity index (χ1) is 8.56. The Morgan fingerprint density at radius 1 is 1.33 bits per heavy atom. The van der Waals surface area contributed by atoms with Gasteiger partial charge >= 0.3 is 0 Å². The van der Waals surface area contributed by atoms with Crippen LogP contribution < -0.4 is 10.5 Å². The molecule has 0 aliphatic heterocycles. The van der Waals surface area contributed by atoms with Gasteiger partial charge in [-0.15, -0.1) is 0 Å². The van der Waals surface area contributed by atoms with E-state index in [1.807, 2.05) is 0 Å². The van der Waals surface area contributed by atoms with E-state index < -0.39 is 0 Å². The van der Waals surface area contributed by atoms with E-state index in [9.17, 15) is 0 Å². The Morgan fingerprint density at radius 2 is 2.06 bits per heavy atom. The van der Waals surface area contributed by atoms with Gasteiger partial charge in [-0.25, -0.2) is 0 Å². The van der Waals surface area contributed by atoms with Crippen LogP contribution in [0.1, 0.15) is 50.2 Å². The fourth-order valence-electron chi connectivity index (χ4n) is 2.57. The number of rotatable bonds is 6. The second-order valence-corrected chi connectivity index (χ2v) is 6.00. The van der Waals surface area contributed by atoms with Crippen LogP contribution in [-0.4, -0.2) is 13.2 Å². The van der Waals surface area contributed by atoms with Crippen molar-refractivity contribution in [1.82, 2.24) is 0 Å². The summed E-state index contributed by atoms with van der Waals surface area (Å²) in [7, 11) is 0. The van der Waals surface area contributed by atoms with E-state index in [2.05, 4.69) is 39.0 Å². The second-order valence-electron chi connectivity index (χ2n) is 6.00. The zero-order valence-corrected chi connectivity index (χ0v) is 11.8. The third-order valence-electron chi connectivity index (χ3n) is 4.04. The molecule has 100 valence electrons. The minimum Gasteiger partial charge on any atom is -0.493 e. The van der Waals surface area contributed by atoms with Gasteiger partial charge in [-0.3, -0.25) is 0 Å². The fraction of sp³-hybridized carbons (Fsp3) is 0.625. The number of hydrogen-bond acceptors (Lipinski definition) is 2. The van der Waals surface area contributed by atoms with Gasteiger partial charge in [-0.05, 0) is 61.9 Å². The minimum atomic E-state index is 0.388. The second kappa shape index (κ2) is 5.31. The Bertz CT molecular complexity index is 408. The zero-order valence-electron chi connectivity index (χ0n) is 11.8. The fourth-order valence-corrected chi connectivity index (χ4v) is 2.57. The van der Waals surface area contributed by atoms with Crippen LogP contribution in [0.2, 0.25) is 0 Å². The van der Waals surface area contributed by atoms with Gasteiger partial charge in [0.25, 0.3) is 0 Å². The van der Waals surface area contributed by atoms with Crippen molar-refractivity contribution in [1.29, 1.82) is 0 Å². The van der Waals surface area contributed by atoms with Gasteiger partial charge in [-0.2, -0.15) is 0 Å². The normalized spacial score (nSPS) is 16.9. The Kier molecular flexibility index (Phi) is 3.96. The van der Waals surface area contributed by atoms with Crippen LogP contribution in [0.15, 0.2) is 18.2 Å². The smallest absolute Gasteiger partial charge is 0.119 e. The van der Waals surface area contributed by atoms with Crippen LogP contribution in [0.5, 0.6) is 5.75 Å². The maximum atomic E-state index is 5.95. The van der Waals surface area contributed by atoms with Crippen LogP contribution in [0.4, 0.5) is 0 Å². The molecule has 1 aromatic carbocycles. The van der Waals surface area contributed by atoms with E-state index in [1.165, 1.54) is 24.0 Å². The summed E-state index contributed by atoms with van der Waals surface area (Å²) in [5, 5.41) is 0. The van der Waals surface area contributed by atoms with E-state index in [4.69, 9.17) is 10.5 Å². The zero-order chi connectivity index (χ0) is 13.2. The molecule has 1 aliphatic carbocycles. The van der Waals surface area contributed by atoms with E-state index in [0.717, 1.165) is 25.3 Å². The van der Waals surface area contributed by atoms with Crippen LogP contribution in [0.25, 0.3) is 0 Å². The SMILES string of the molecule is Cc1cc(OCC2(CCN)CC2)ccc1C(C)C. The van der Waals surface area contributed by atoms with Crippen molar-refractivity contribution in [3.05, 3.63) is 29.3 Å². The summed E-state index contributed by atoms with van der Waals surface area (Å²) in [6.07, 6.45) is 3.64. The lowest BCUT2D eigenvalue weighted by Crippen LogP contribution is -2.17. The molecule has 0 saturated heterocycles. The van der Waals surface area contributed by atoms with Gasteiger partial charge in [0.05, 0.1) is 6.61 Å². The summed E-state index contributed by atoms with van der Waals surface area (Å²) in [5.74, 6) is 1.58. The molecule has 0 radical (unpaired) electrons. The van der Waals surface area contributed by atoms with Crippen molar-refractivity contribution in [2.75, 3.05) is 13.2 Å². The molecule has 18 heavy (non-hydrogen) atoms. The average molecular weight is 247 g/mol. The first kappa shape index (κ1) is 13.4. The molecule has 1 saturated carbocycles. The predicted octanol–water partition coefficient (Wildman–Crippen LogP) is 3.63. The standard InChI is InChI=1S/C16H25NO/c1-12(2)15-5-4-14(10-13(15)3)18-11-16(6-7-16)8-9-17/h4-5,10,12H,6-9,11,17H2,1-3H3. The molecular formula is C16H25NO. The summed E-state index contributed by atoms with van der Waals surface area (Å²) in [4.78, 5) is 0. The molecule has 0 amide bonds. The molecular weight excluding hydrogens is 222 g/mol. The molecule has 0 spiro atoms. The Morgan fingerprint density at radius 3 is 2.56 bits per heavy atom. The summed E-state index contributed by atoms with van der Waals surface area (Å²) >= 11 is 0. The van der Waals surface area contributed by atoms with Gasteiger partial charge in [-0.1, -0.05) is 19.9 Å². The van der Waals surface area contributed by atoms with E-state index >= 15 is 0 Å². The highest BCUT2D eigenvalue weighted by atomic mass is 16.5. The predicted molar refractivity (Wildman–Crippen MR) is 76.1 cm³/mol. The highest BCUT2D eigenvalue weighted by Gasteiger charge is 2.42. The Balaban J connectivity index is 1.96. The minimum absolute atomic E-state index is 0.388. The van der Waals surface area contributed by atoms with Gasteiger partial charge in [0.15, 0.2) is 0 Å². The first-order valence-electron chi connectivity index (χ1n) is 7.00. The van der Waals surface area contributed by atoms with Gasteiger partial charge < -0.3 is 10.5 Å². The third-order valence-corrected chi connectivity index (χ3v) is 4.04. The highest BCUT2D eigenvalue weighted by Crippen LogP contribution is 2.48. The molecule has 1 aliphatic rings. The molecule has 0 aromatic heterocycles. The van der Waals surface area contributed by atoms with Crippen molar-refractivity contribution in [3.63, 3.8) is 0 Å². The summed E-state index contributed by atoms with van der Waals surface area (Å²) in [6, 6.07) is 6.45. The topological polar surface area (TPSA) is 35.2 Å². The average Bonchev–Trinajstić information content (AvgIpc) is 3.07. The van der Waals surface area contributed by atoms with Crippen LogP contribution in [0, 0.1) is 12.3 Å². The summed E-state index contributed by atoms with van der Waals surface area (Å²) in [5.41, 5.74) is 8.77. The van der Waals surface area contributed by atoms with Gasteiger partial charge in [0, 0.05) is 5.41 Å². The van der Waals surface area contributed by atoms with E-state index in [-0.39, 0.29) is 0 Å². The summed E-state index contributed by atoms with van der Waals surface area (Å²) < 4.78 is 5.95.